The van der Waals surface area contributed by atoms with Crippen LogP contribution in [0.2, 0.25) is 0 Å². The largest absolute Gasteiger partial charge is 0.478 e. The predicted octanol–water partition coefficient (Wildman–Crippen LogP) is 2.74. The summed E-state index contributed by atoms with van der Waals surface area (Å²) in [6, 6.07) is 0. The summed E-state index contributed by atoms with van der Waals surface area (Å²) in [4.78, 5) is 10.9. The molecule has 0 saturated carbocycles. The lowest BCUT2D eigenvalue weighted by Crippen LogP contribution is -2.17. The van der Waals surface area contributed by atoms with E-state index >= 15 is 0 Å². The van der Waals surface area contributed by atoms with Crippen LogP contribution in [-0.2, 0) is 4.79 Å². The van der Waals surface area contributed by atoms with Crippen LogP contribution in [0.5, 0.6) is 0 Å². The van der Waals surface area contributed by atoms with Crippen LogP contribution >= 0.6 is 0 Å². The molecule has 0 aromatic carbocycles. The van der Waals surface area contributed by atoms with Crippen LogP contribution in [0.3, 0.4) is 0 Å². The normalized spacial score (nSPS) is 13.9. The Bertz CT molecular complexity index is 209. The van der Waals surface area contributed by atoms with Gasteiger partial charge in [-0.15, -0.1) is 0 Å². The van der Waals surface area contributed by atoms with Crippen molar-refractivity contribution in [1.29, 1.82) is 0 Å². The summed E-state index contributed by atoms with van der Waals surface area (Å²) in [6.07, 6.45) is 5.97. The number of carbonyl (C=O) groups is 1. The molecule has 0 aliphatic heterocycles. The second kappa shape index (κ2) is 8.48. The van der Waals surface area contributed by atoms with Crippen molar-refractivity contribution in [3.8, 4) is 0 Å². The van der Waals surface area contributed by atoms with E-state index in [0.29, 0.717) is 6.42 Å². The molecule has 0 saturated heterocycles. The summed E-state index contributed by atoms with van der Waals surface area (Å²) in [5.74, 6) is -0.991. The van der Waals surface area contributed by atoms with E-state index in [1.807, 2.05) is 6.92 Å². The molecule has 0 bridgehead atoms. The van der Waals surface area contributed by atoms with Gasteiger partial charge in [-0.3, -0.25) is 0 Å². The minimum Gasteiger partial charge on any atom is -0.478 e. The van der Waals surface area contributed by atoms with E-state index in [0.717, 1.165) is 32.1 Å². The first-order valence-corrected chi connectivity index (χ1v) is 5.74. The monoisotopic (exact) mass is 214 g/mol. The zero-order valence-corrected chi connectivity index (χ0v) is 9.70. The van der Waals surface area contributed by atoms with Gasteiger partial charge < -0.3 is 10.2 Å². The van der Waals surface area contributed by atoms with Gasteiger partial charge in [0, 0.05) is 0 Å². The maximum atomic E-state index is 10.9. The van der Waals surface area contributed by atoms with Crippen molar-refractivity contribution in [2.45, 2.75) is 58.5 Å². The second-order valence-corrected chi connectivity index (χ2v) is 3.76. The third-order valence-corrected chi connectivity index (χ3v) is 2.36. The summed E-state index contributed by atoms with van der Waals surface area (Å²) in [5.41, 5.74) is 0.164. The summed E-state index contributed by atoms with van der Waals surface area (Å²) in [7, 11) is 0. The average molecular weight is 214 g/mol. The fourth-order valence-electron chi connectivity index (χ4n) is 1.38. The van der Waals surface area contributed by atoms with Gasteiger partial charge in [0.2, 0.25) is 0 Å². The number of carboxylic acids is 1. The molecule has 1 atom stereocenters. The molecule has 0 spiro atoms. The molecule has 2 N–H and O–H groups in total. The van der Waals surface area contributed by atoms with E-state index in [4.69, 9.17) is 5.11 Å². The lowest BCUT2D eigenvalue weighted by Gasteiger charge is -2.10. The van der Waals surface area contributed by atoms with Gasteiger partial charge in [0.05, 0.1) is 11.7 Å². The minimum absolute atomic E-state index is 0.164. The molecule has 0 fully saturated rings. The van der Waals surface area contributed by atoms with Crippen LogP contribution in [0.4, 0.5) is 0 Å². The highest BCUT2D eigenvalue weighted by molar-refractivity contribution is 5.87. The van der Waals surface area contributed by atoms with Crippen molar-refractivity contribution >= 4 is 5.97 Å². The lowest BCUT2D eigenvalue weighted by molar-refractivity contribution is -0.133. The molecule has 1 unspecified atom stereocenters. The Morgan fingerprint density at radius 3 is 2.33 bits per heavy atom. The summed E-state index contributed by atoms with van der Waals surface area (Å²) in [6.45, 7) is 4.08. The van der Waals surface area contributed by atoms with Gasteiger partial charge in [-0.05, 0) is 12.8 Å². The van der Waals surface area contributed by atoms with Crippen molar-refractivity contribution in [3.63, 3.8) is 0 Å². The Kier molecular flexibility index (Phi) is 8.01. The van der Waals surface area contributed by atoms with E-state index in [-0.39, 0.29) is 5.57 Å². The fourth-order valence-corrected chi connectivity index (χ4v) is 1.38. The Hall–Kier alpha value is -0.830. The standard InChI is InChI=1S/C12H22O3/c1-3-5-7-8-10(12(14)15)11(13)9-6-4-2/h8,11,13H,3-7,9H2,1-2H3,(H,14,15)/b10-8-. The third kappa shape index (κ3) is 6.28. The van der Waals surface area contributed by atoms with Gasteiger partial charge in [0.1, 0.15) is 0 Å². The van der Waals surface area contributed by atoms with Gasteiger partial charge >= 0.3 is 5.97 Å². The molecule has 0 aromatic heterocycles. The number of unbranched alkanes of at least 4 members (excludes halogenated alkanes) is 3. The Labute approximate surface area is 91.8 Å². The molecule has 0 amide bonds. The molecule has 15 heavy (non-hydrogen) atoms. The summed E-state index contributed by atoms with van der Waals surface area (Å²) >= 11 is 0. The van der Waals surface area contributed by atoms with Gasteiger partial charge in [-0.25, -0.2) is 4.79 Å². The number of hydrogen-bond donors (Lipinski definition) is 2. The molecular formula is C12H22O3. The fraction of sp³-hybridized carbons (Fsp3) is 0.750. The molecule has 0 aromatic rings. The van der Waals surface area contributed by atoms with Crippen molar-refractivity contribution in [3.05, 3.63) is 11.6 Å². The average Bonchev–Trinajstić information content (AvgIpc) is 2.20. The maximum absolute atomic E-state index is 10.9. The number of carboxylic acid groups (broad SMARTS) is 1. The van der Waals surface area contributed by atoms with Crippen molar-refractivity contribution in [1.82, 2.24) is 0 Å². The van der Waals surface area contributed by atoms with E-state index in [1.165, 1.54) is 0 Å². The summed E-state index contributed by atoms with van der Waals surface area (Å²) < 4.78 is 0. The lowest BCUT2D eigenvalue weighted by atomic mass is 10.0. The van der Waals surface area contributed by atoms with Gasteiger partial charge in [0.25, 0.3) is 0 Å². The van der Waals surface area contributed by atoms with E-state index in [9.17, 15) is 9.90 Å². The van der Waals surface area contributed by atoms with E-state index in [1.54, 1.807) is 6.08 Å². The number of allylic oxidation sites excluding steroid dienone is 1. The van der Waals surface area contributed by atoms with Crippen LogP contribution in [0.25, 0.3) is 0 Å². The van der Waals surface area contributed by atoms with Crippen molar-refractivity contribution in [2.24, 2.45) is 0 Å². The third-order valence-electron chi connectivity index (χ3n) is 2.36. The Morgan fingerprint density at radius 2 is 1.87 bits per heavy atom. The molecule has 0 rings (SSSR count). The molecule has 3 heteroatoms. The first kappa shape index (κ1) is 14.2. The number of aliphatic hydroxyl groups is 1. The van der Waals surface area contributed by atoms with Gasteiger partial charge in [-0.1, -0.05) is 45.6 Å². The molecule has 0 aliphatic carbocycles. The number of aliphatic hydroxyl groups excluding tert-OH is 1. The van der Waals surface area contributed by atoms with Crippen LogP contribution in [-0.4, -0.2) is 22.3 Å². The predicted molar refractivity (Wildman–Crippen MR) is 60.8 cm³/mol. The molecule has 0 heterocycles. The maximum Gasteiger partial charge on any atom is 0.333 e. The Balaban J connectivity index is 4.24. The molecule has 0 radical (unpaired) electrons. The minimum atomic E-state index is -0.991. The zero-order valence-electron chi connectivity index (χ0n) is 9.70. The number of hydrogen-bond acceptors (Lipinski definition) is 2. The topological polar surface area (TPSA) is 57.5 Å². The molecule has 88 valence electrons. The van der Waals surface area contributed by atoms with Crippen LogP contribution < -0.4 is 0 Å². The summed E-state index contributed by atoms with van der Waals surface area (Å²) in [5, 5.41) is 18.6. The highest BCUT2D eigenvalue weighted by Gasteiger charge is 2.16. The quantitative estimate of drug-likeness (QED) is 0.482. The highest BCUT2D eigenvalue weighted by Crippen LogP contribution is 2.12. The number of rotatable bonds is 8. The first-order valence-electron chi connectivity index (χ1n) is 5.74. The van der Waals surface area contributed by atoms with Crippen molar-refractivity contribution < 1.29 is 15.0 Å². The molecular weight excluding hydrogens is 192 g/mol. The molecule has 3 nitrogen and oxygen atoms in total. The smallest absolute Gasteiger partial charge is 0.333 e. The van der Waals surface area contributed by atoms with Crippen LogP contribution in [0.15, 0.2) is 11.6 Å². The van der Waals surface area contributed by atoms with Crippen LogP contribution in [0, 0.1) is 0 Å². The SMILES string of the molecule is CCCC/C=C(\C(=O)O)C(O)CCCC. The number of aliphatic carboxylic acids is 1. The first-order chi connectivity index (χ1) is 7.13. The van der Waals surface area contributed by atoms with Crippen LogP contribution in [0.1, 0.15) is 52.4 Å². The highest BCUT2D eigenvalue weighted by atomic mass is 16.4. The van der Waals surface area contributed by atoms with Crippen molar-refractivity contribution in [2.75, 3.05) is 0 Å². The van der Waals surface area contributed by atoms with Gasteiger partial charge in [0.15, 0.2) is 0 Å². The Morgan fingerprint density at radius 1 is 1.27 bits per heavy atom. The van der Waals surface area contributed by atoms with Gasteiger partial charge in [-0.2, -0.15) is 0 Å². The second-order valence-electron chi connectivity index (χ2n) is 3.76. The van der Waals surface area contributed by atoms with E-state index < -0.39 is 12.1 Å². The molecule has 0 aliphatic rings. The zero-order chi connectivity index (χ0) is 11.7. The van der Waals surface area contributed by atoms with E-state index in [2.05, 4.69) is 6.92 Å².